The molecule has 26 heavy (non-hydrogen) atoms. The molecule has 0 spiro atoms. The summed E-state index contributed by atoms with van der Waals surface area (Å²) < 4.78 is 0. The number of para-hydroxylation sites is 1. The molecule has 0 amide bonds. The third-order valence-electron chi connectivity index (χ3n) is 3.43. The fourth-order valence-electron chi connectivity index (χ4n) is 2.21. The van der Waals surface area contributed by atoms with Gasteiger partial charge >= 0.3 is 0 Å². The summed E-state index contributed by atoms with van der Waals surface area (Å²) in [6.45, 7) is 0. The van der Waals surface area contributed by atoms with Gasteiger partial charge in [0.15, 0.2) is 0 Å². The Morgan fingerprint density at radius 1 is 1.15 bits per heavy atom. The molecule has 0 radical (unpaired) electrons. The molecule has 0 bridgehead atoms. The van der Waals surface area contributed by atoms with Gasteiger partial charge in [0, 0.05) is 30.1 Å². The third-order valence-corrected chi connectivity index (χ3v) is 3.74. The van der Waals surface area contributed by atoms with Crippen LogP contribution in [-0.4, -0.2) is 21.2 Å². The first-order valence-electron chi connectivity index (χ1n) is 7.41. The van der Waals surface area contributed by atoms with Gasteiger partial charge in [-0.3, -0.25) is 0 Å². The van der Waals surface area contributed by atoms with E-state index in [1.54, 1.807) is 30.3 Å². The topological polar surface area (TPSA) is 136 Å². The molecule has 0 aliphatic rings. The number of halogens is 1. The van der Waals surface area contributed by atoms with Crippen LogP contribution in [0, 0.1) is 16.7 Å². The second-order valence-corrected chi connectivity index (χ2v) is 5.56. The molecule has 0 unspecified atom stereocenters. The van der Waals surface area contributed by atoms with Crippen LogP contribution in [-0.2, 0) is 0 Å². The quantitative estimate of drug-likeness (QED) is 0.509. The molecule has 2 heterocycles. The van der Waals surface area contributed by atoms with Crippen molar-refractivity contribution in [3.05, 3.63) is 59.0 Å². The van der Waals surface area contributed by atoms with Crippen molar-refractivity contribution < 1.29 is 0 Å². The number of nitriles is 1. The summed E-state index contributed by atoms with van der Waals surface area (Å²) in [5.74, 6) is 1.28. The van der Waals surface area contributed by atoms with Gasteiger partial charge in [0.1, 0.15) is 29.9 Å². The number of aromatic nitrogens is 3. The number of nitrogens with zero attached hydrogens (tertiary/aromatic N) is 4. The van der Waals surface area contributed by atoms with E-state index in [1.807, 2.05) is 0 Å². The second-order valence-electron chi connectivity index (χ2n) is 5.15. The number of benzene rings is 1. The van der Waals surface area contributed by atoms with E-state index in [1.165, 1.54) is 12.5 Å². The Balaban J connectivity index is 1.97. The Bertz CT molecular complexity index is 1010. The highest BCUT2D eigenvalue weighted by molar-refractivity contribution is 6.33. The number of hydrogen-bond donors (Lipinski definition) is 4. The van der Waals surface area contributed by atoms with Crippen LogP contribution in [0.25, 0.3) is 0 Å². The molecule has 1 aromatic carbocycles. The van der Waals surface area contributed by atoms with Crippen molar-refractivity contribution >= 4 is 46.6 Å². The number of hydrogen-bond acceptors (Lipinski definition) is 8. The smallest absolute Gasteiger partial charge is 0.137 e. The van der Waals surface area contributed by atoms with Gasteiger partial charge in [0.25, 0.3) is 0 Å². The van der Waals surface area contributed by atoms with E-state index in [-0.39, 0.29) is 0 Å². The number of nitrogens with two attached hydrogens (primary N) is 1. The maximum Gasteiger partial charge on any atom is 0.137 e. The van der Waals surface area contributed by atoms with Crippen LogP contribution < -0.4 is 16.4 Å². The lowest BCUT2D eigenvalue weighted by atomic mass is 10.1. The van der Waals surface area contributed by atoms with E-state index in [4.69, 9.17) is 22.7 Å². The summed E-state index contributed by atoms with van der Waals surface area (Å²) in [5, 5.41) is 23.4. The molecular formula is C17H13ClN8. The average molecular weight is 365 g/mol. The van der Waals surface area contributed by atoms with Gasteiger partial charge in [-0.1, -0.05) is 17.7 Å². The zero-order chi connectivity index (χ0) is 18.5. The molecule has 128 valence electrons. The molecule has 9 heteroatoms. The van der Waals surface area contributed by atoms with Gasteiger partial charge in [-0.2, -0.15) is 5.26 Å². The maximum atomic E-state index is 9.28. The van der Waals surface area contributed by atoms with Crippen LogP contribution in [0.3, 0.4) is 0 Å². The molecule has 0 saturated heterocycles. The number of nitrogen functional groups attached to an aromatic ring is 1. The van der Waals surface area contributed by atoms with Gasteiger partial charge < -0.3 is 21.8 Å². The molecule has 2 aromatic heterocycles. The van der Waals surface area contributed by atoms with Crippen LogP contribution in [0.15, 0.2) is 42.9 Å². The van der Waals surface area contributed by atoms with Crippen molar-refractivity contribution in [2.45, 2.75) is 0 Å². The summed E-state index contributed by atoms with van der Waals surface area (Å²) in [5.41, 5.74) is 7.58. The van der Waals surface area contributed by atoms with Crippen LogP contribution >= 0.6 is 11.6 Å². The molecule has 0 aliphatic heterocycles. The zero-order valence-electron chi connectivity index (χ0n) is 13.4. The predicted molar refractivity (Wildman–Crippen MR) is 101 cm³/mol. The molecule has 8 nitrogen and oxygen atoms in total. The average Bonchev–Trinajstić information content (AvgIpc) is 2.63. The lowest BCUT2D eigenvalue weighted by molar-refractivity contribution is 1.16. The van der Waals surface area contributed by atoms with Crippen LogP contribution in [0.5, 0.6) is 0 Å². The van der Waals surface area contributed by atoms with Gasteiger partial charge in [-0.05, 0) is 12.1 Å². The van der Waals surface area contributed by atoms with Crippen molar-refractivity contribution in [2.75, 3.05) is 16.4 Å². The zero-order valence-corrected chi connectivity index (χ0v) is 14.1. The number of rotatable bonds is 5. The normalized spacial score (nSPS) is 10.0. The Morgan fingerprint density at radius 2 is 1.96 bits per heavy atom. The largest absolute Gasteiger partial charge is 0.384 e. The van der Waals surface area contributed by atoms with Crippen LogP contribution in [0.2, 0.25) is 5.02 Å². The molecule has 3 aromatic rings. The van der Waals surface area contributed by atoms with Gasteiger partial charge in [0.05, 0.1) is 22.0 Å². The Labute approximate surface area is 154 Å². The van der Waals surface area contributed by atoms with Gasteiger partial charge in [-0.15, -0.1) is 0 Å². The minimum absolute atomic E-state index is 0.326. The highest BCUT2D eigenvalue weighted by Crippen LogP contribution is 2.31. The third kappa shape index (κ3) is 3.68. The monoisotopic (exact) mass is 364 g/mol. The number of anilines is 5. The van der Waals surface area contributed by atoms with Crippen molar-refractivity contribution in [1.29, 1.82) is 10.7 Å². The summed E-state index contributed by atoms with van der Waals surface area (Å²) in [4.78, 5) is 12.1. The molecular weight excluding hydrogens is 352 g/mol. The molecule has 0 saturated carbocycles. The first kappa shape index (κ1) is 17.1. The first-order chi connectivity index (χ1) is 12.6. The van der Waals surface area contributed by atoms with E-state index in [0.717, 1.165) is 6.21 Å². The fraction of sp³-hybridized carbons (Fsp3) is 0. The van der Waals surface area contributed by atoms with Crippen LogP contribution in [0.4, 0.5) is 28.8 Å². The summed E-state index contributed by atoms with van der Waals surface area (Å²) in [7, 11) is 0. The predicted octanol–water partition coefficient (Wildman–Crippen LogP) is 3.46. The SMILES string of the molecule is N#Cc1cccc(Cl)c1Nc1cc(Nc2cc(N)ncn2)ncc1C=N. The summed E-state index contributed by atoms with van der Waals surface area (Å²) >= 11 is 6.21. The van der Waals surface area contributed by atoms with Crippen molar-refractivity contribution in [2.24, 2.45) is 0 Å². The van der Waals surface area contributed by atoms with E-state index in [2.05, 4.69) is 31.7 Å². The van der Waals surface area contributed by atoms with E-state index < -0.39 is 0 Å². The molecule has 3 rings (SSSR count). The van der Waals surface area contributed by atoms with Crippen molar-refractivity contribution in [3.63, 3.8) is 0 Å². The molecule has 0 aliphatic carbocycles. The minimum Gasteiger partial charge on any atom is -0.384 e. The van der Waals surface area contributed by atoms with E-state index >= 15 is 0 Å². The van der Waals surface area contributed by atoms with Crippen molar-refractivity contribution in [3.8, 4) is 6.07 Å². The molecule has 0 atom stereocenters. The van der Waals surface area contributed by atoms with E-state index in [0.29, 0.717) is 45.0 Å². The van der Waals surface area contributed by atoms with Crippen LogP contribution in [0.1, 0.15) is 11.1 Å². The maximum absolute atomic E-state index is 9.28. The highest BCUT2D eigenvalue weighted by atomic mass is 35.5. The number of nitrogens with one attached hydrogen (secondary N) is 3. The second kappa shape index (κ2) is 7.46. The molecule has 5 N–H and O–H groups in total. The van der Waals surface area contributed by atoms with Gasteiger partial charge in [-0.25, -0.2) is 15.0 Å². The van der Waals surface area contributed by atoms with Crippen molar-refractivity contribution in [1.82, 2.24) is 15.0 Å². The highest BCUT2D eigenvalue weighted by Gasteiger charge is 2.11. The lowest BCUT2D eigenvalue weighted by Gasteiger charge is -2.14. The summed E-state index contributed by atoms with van der Waals surface area (Å²) in [6, 6.07) is 10.4. The fourth-order valence-corrected chi connectivity index (χ4v) is 2.43. The Kier molecular flexibility index (Phi) is 4.92. The Hall–Kier alpha value is -3.70. The lowest BCUT2D eigenvalue weighted by Crippen LogP contribution is -2.03. The number of pyridine rings is 1. The first-order valence-corrected chi connectivity index (χ1v) is 7.79. The standard InChI is InChI=1S/C17H13ClN8/c18-12-3-1-2-10(6-19)17(12)25-13-4-15(22-8-11(13)7-20)26-16-5-14(21)23-9-24-16/h1-5,7-9,20H,(H4,21,22,23,24,25,26). The Morgan fingerprint density at radius 3 is 2.69 bits per heavy atom. The minimum atomic E-state index is 0.326. The van der Waals surface area contributed by atoms with Gasteiger partial charge in [0.2, 0.25) is 0 Å². The van der Waals surface area contributed by atoms with E-state index in [9.17, 15) is 5.26 Å². The molecule has 0 fully saturated rings. The summed E-state index contributed by atoms with van der Waals surface area (Å²) in [6.07, 6.45) is 4.02.